The molecule has 8 heteroatoms. The van der Waals surface area contributed by atoms with Gasteiger partial charge < -0.3 is 19.9 Å². The molecule has 1 aliphatic heterocycles. The number of halogens is 1. The van der Waals surface area contributed by atoms with Crippen LogP contribution in [-0.4, -0.2) is 25.2 Å². The Kier molecular flexibility index (Phi) is 6.85. The molecule has 0 bridgehead atoms. The van der Waals surface area contributed by atoms with Crippen molar-refractivity contribution in [3.05, 3.63) is 57.6 Å². The fourth-order valence-corrected chi connectivity index (χ4v) is 2.99. The molecule has 1 aromatic rings. The van der Waals surface area contributed by atoms with Crippen LogP contribution in [0.15, 0.2) is 47.1 Å². The standard InChI is InChI=1S/C19H19ClN2O5/c1-3-25-15(23)9-14-17(19(24)26-4-2)16(12(10-21)18(22)27-14)11-7-5-6-8-13(11)20/h5-8,16H,3-4,9,22H2,1-2H3. The highest BCUT2D eigenvalue weighted by Gasteiger charge is 2.39. The van der Waals surface area contributed by atoms with Crippen LogP contribution in [0.5, 0.6) is 0 Å². The Morgan fingerprint density at radius 1 is 1.26 bits per heavy atom. The molecule has 1 unspecified atom stereocenters. The number of nitriles is 1. The summed E-state index contributed by atoms with van der Waals surface area (Å²) in [6, 6.07) is 8.71. The average Bonchev–Trinajstić information content (AvgIpc) is 2.62. The molecule has 2 rings (SSSR count). The van der Waals surface area contributed by atoms with Crippen molar-refractivity contribution in [1.29, 1.82) is 5.26 Å². The predicted molar refractivity (Wildman–Crippen MR) is 97.0 cm³/mol. The third-order valence-corrected chi connectivity index (χ3v) is 4.16. The van der Waals surface area contributed by atoms with Gasteiger partial charge in [-0.05, 0) is 25.5 Å². The van der Waals surface area contributed by atoms with E-state index in [-0.39, 0.29) is 42.4 Å². The van der Waals surface area contributed by atoms with E-state index >= 15 is 0 Å². The van der Waals surface area contributed by atoms with E-state index in [0.29, 0.717) is 10.6 Å². The Balaban J connectivity index is 2.66. The molecule has 0 spiro atoms. The van der Waals surface area contributed by atoms with Crippen LogP contribution >= 0.6 is 11.6 Å². The zero-order valence-electron chi connectivity index (χ0n) is 15.0. The van der Waals surface area contributed by atoms with Crippen LogP contribution in [0.3, 0.4) is 0 Å². The zero-order chi connectivity index (χ0) is 20.0. The highest BCUT2D eigenvalue weighted by atomic mass is 35.5. The minimum atomic E-state index is -0.916. The Labute approximate surface area is 161 Å². The van der Waals surface area contributed by atoms with Crippen molar-refractivity contribution < 1.29 is 23.8 Å². The first-order valence-corrected chi connectivity index (χ1v) is 8.70. The van der Waals surface area contributed by atoms with E-state index in [0.717, 1.165) is 0 Å². The van der Waals surface area contributed by atoms with Gasteiger partial charge in [0.1, 0.15) is 23.8 Å². The van der Waals surface area contributed by atoms with Crippen molar-refractivity contribution in [3.8, 4) is 6.07 Å². The summed E-state index contributed by atoms with van der Waals surface area (Å²) in [6.45, 7) is 3.58. The van der Waals surface area contributed by atoms with Gasteiger partial charge in [0.15, 0.2) is 0 Å². The number of rotatable bonds is 6. The van der Waals surface area contributed by atoms with Crippen molar-refractivity contribution in [1.82, 2.24) is 0 Å². The molecule has 7 nitrogen and oxygen atoms in total. The summed E-state index contributed by atoms with van der Waals surface area (Å²) in [5.41, 5.74) is 6.39. The summed E-state index contributed by atoms with van der Waals surface area (Å²) in [4.78, 5) is 24.7. The zero-order valence-corrected chi connectivity index (χ0v) is 15.7. The van der Waals surface area contributed by atoms with E-state index in [1.165, 1.54) is 0 Å². The quantitative estimate of drug-likeness (QED) is 0.743. The maximum atomic E-state index is 12.7. The van der Waals surface area contributed by atoms with E-state index in [2.05, 4.69) is 0 Å². The van der Waals surface area contributed by atoms with Gasteiger partial charge in [-0.3, -0.25) is 4.79 Å². The van der Waals surface area contributed by atoms with Gasteiger partial charge in [-0.2, -0.15) is 5.26 Å². The second-order valence-corrected chi connectivity index (χ2v) is 5.89. The third kappa shape index (κ3) is 4.41. The Hall–Kier alpha value is -2.98. The normalized spacial score (nSPS) is 16.4. The second-order valence-electron chi connectivity index (χ2n) is 5.49. The Morgan fingerprint density at radius 3 is 2.52 bits per heavy atom. The maximum Gasteiger partial charge on any atom is 0.338 e. The first-order valence-electron chi connectivity index (χ1n) is 8.32. The number of ether oxygens (including phenoxy) is 3. The minimum Gasteiger partial charge on any atom is -0.466 e. The van der Waals surface area contributed by atoms with Gasteiger partial charge in [-0.15, -0.1) is 0 Å². The Bertz CT molecular complexity index is 854. The number of benzene rings is 1. The van der Waals surface area contributed by atoms with Gasteiger partial charge in [-0.25, -0.2) is 4.79 Å². The SMILES string of the molecule is CCOC(=O)CC1=C(C(=O)OCC)C(c2ccccc2Cl)C(C#N)=C(N)O1. The molecule has 0 radical (unpaired) electrons. The number of nitrogens with two attached hydrogens (primary N) is 1. The molecule has 0 amide bonds. The van der Waals surface area contributed by atoms with Crippen molar-refractivity contribution >= 4 is 23.5 Å². The van der Waals surface area contributed by atoms with Crippen LogP contribution in [0.2, 0.25) is 5.02 Å². The van der Waals surface area contributed by atoms with Gasteiger partial charge in [0.2, 0.25) is 5.88 Å². The molecular formula is C19H19ClN2O5. The molecule has 2 N–H and O–H groups in total. The van der Waals surface area contributed by atoms with Gasteiger partial charge in [0, 0.05) is 5.02 Å². The van der Waals surface area contributed by atoms with Crippen molar-refractivity contribution in [2.75, 3.05) is 13.2 Å². The van der Waals surface area contributed by atoms with Crippen molar-refractivity contribution in [2.24, 2.45) is 5.73 Å². The van der Waals surface area contributed by atoms with E-state index in [9.17, 15) is 14.9 Å². The fourth-order valence-electron chi connectivity index (χ4n) is 2.75. The molecule has 1 aromatic carbocycles. The molecule has 0 aliphatic carbocycles. The van der Waals surface area contributed by atoms with E-state index in [4.69, 9.17) is 31.5 Å². The van der Waals surface area contributed by atoms with Crippen LogP contribution in [-0.2, 0) is 23.8 Å². The lowest BCUT2D eigenvalue weighted by Crippen LogP contribution is -2.27. The summed E-state index contributed by atoms with van der Waals surface area (Å²) in [7, 11) is 0. The molecule has 1 atom stereocenters. The number of esters is 2. The lowest BCUT2D eigenvalue weighted by molar-refractivity contribution is -0.143. The lowest BCUT2D eigenvalue weighted by Gasteiger charge is -2.28. The van der Waals surface area contributed by atoms with E-state index in [1.807, 2.05) is 6.07 Å². The number of nitrogens with zero attached hydrogens (tertiary/aromatic N) is 1. The maximum absolute atomic E-state index is 12.7. The first kappa shape index (κ1) is 20.3. The lowest BCUT2D eigenvalue weighted by atomic mass is 9.82. The fraction of sp³-hybridized carbons (Fsp3) is 0.316. The molecule has 142 valence electrons. The van der Waals surface area contributed by atoms with Crippen LogP contribution < -0.4 is 5.73 Å². The van der Waals surface area contributed by atoms with Crippen LogP contribution in [0.25, 0.3) is 0 Å². The highest BCUT2D eigenvalue weighted by molar-refractivity contribution is 6.31. The number of hydrogen-bond donors (Lipinski definition) is 1. The summed E-state index contributed by atoms with van der Waals surface area (Å²) in [5.74, 6) is -2.45. The number of hydrogen-bond acceptors (Lipinski definition) is 7. The number of carbonyl (C=O) groups excluding carboxylic acids is 2. The number of allylic oxidation sites excluding steroid dienone is 1. The highest BCUT2D eigenvalue weighted by Crippen LogP contribution is 2.42. The topological polar surface area (TPSA) is 112 Å². The van der Waals surface area contributed by atoms with Crippen molar-refractivity contribution in [2.45, 2.75) is 26.2 Å². The van der Waals surface area contributed by atoms with Gasteiger partial charge >= 0.3 is 11.9 Å². The van der Waals surface area contributed by atoms with Gasteiger partial charge in [0.05, 0.1) is 24.7 Å². The first-order chi connectivity index (χ1) is 12.9. The molecule has 0 saturated heterocycles. The minimum absolute atomic E-state index is 0.00348. The second kappa shape index (κ2) is 9.10. The average molecular weight is 391 g/mol. The van der Waals surface area contributed by atoms with Gasteiger partial charge in [-0.1, -0.05) is 29.8 Å². The molecule has 0 fully saturated rings. The molecule has 27 heavy (non-hydrogen) atoms. The number of carbonyl (C=O) groups is 2. The smallest absolute Gasteiger partial charge is 0.338 e. The van der Waals surface area contributed by atoms with Gasteiger partial charge in [0.25, 0.3) is 0 Å². The predicted octanol–water partition coefficient (Wildman–Crippen LogP) is 2.92. The van der Waals surface area contributed by atoms with Crippen LogP contribution in [0.4, 0.5) is 0 Å². The molecular weight excluding hydrogens is 372 g/mol. The van der Waals surface area contributed by atoms with Crippen LogP contribution in [0.1, 0.15) is 31.7 Å². The molecule has 0 aromatic heterocycles. The largest absolute Gasteiger partial charge is 0.466 e. The van der Waals surface area contributed by atoms with E-state index in [1.54, 1.807) is 38.1 Å². The van der Waals surface area contributed by atoms with E-state index < -0.39 is 17.9 Å². The summed E-state index contributed by atoms with van der Waals surface area (Å²) < 4.78 is 15.5. The summed E-state index contributed by atoms with van der Waals surface area (Å²) >= 11 is 6.30. The molecule has 0 saturated carbocycles. The molecule has 1 heterocycles. The Morgan fingerprint density at radius 2 is 1.93 bits per heavy atom. The third-order valence-electron chi connectivity index (χ3n) is 3.82. The van der Waals surface area contributed by atoms with Crippen LogP contribution in [0, 0.1) is 11.3 Å². The molecule has 1 aliphatic rings. The summed E-state index contributed by atoms with van der Waals surface area (Å²) in [6.07, 6.45) is -0.331. The monoisotopic (exact) mass is 390 g/mol. The summed E-state index contributed by atoms with van der Waals surface area (Å²) in [5, 5.41) is 9.92. The van der Waals surface area contributed by atoms with Crippen molar-refractivity contribution in [3.63, 3.8) is 0 Å².